The SMILES string of the molecule is Cc1ccc(COc2ccc(C)cc2CC(C)N)cc1. The zero-order valence-corrected chi connectivity index (χ0v) is 12.5. The lowest BCUT2D eigenvalue weighted by Crippen LogP contribution is -2.18. The highest BCUT2D eigenvalue weighted by Crippen LogP contribution is 2.22. The van der Waals surface area contributed by atoms with Crippen LogP contribution in [0.15, 0.2) is 42.5 Å². The molecular formula is C18H23NO. The van der Waals surface area contributed by atoms with Crippen LogP contribution in [0.1, 0.15) is 29.2 Å². The first-order chi connectivity index (χ1) is 9.54. The van der Waals surface area contributed by atoms with Crippen molar-refractivity contribution in [2.45, 2.75) is 39.8 Å². The van der Waals surface area contributed by atoms with Crippen molar-refractivity contribution in [1.29, 1.82) is 0 Å². The van der Waals surface area contributed by atoms with Crippen molar-refractivity contribution in [2.75, 3.05) is 0 Å². The fourth-order valence-corrected chi connectivity index (χ4v) is 2.20. The molecule has 0 aliphatic carbocycles. The Morgan fingerprint density at radius 2 is 1.65 bits per heavy atom. The maximum absolute atomic E-state index is 5.96. The number of aryl methyl sites for hydroxylation is 2. The minimum Gasteiger partial charge on any atom is -0.489 e. The number of ether oxygens (including phenoxy) is 1. The molecule has 0 spiro atoms. The maximum atomic E-state index is 5.96. The van der Waals surface area contributed by atoms with E-state index in [9.17, 15) is 0 Å². The molecule has 0 bridgehead atoms. The summed E-state index contributed by atoms with van der Waals surface area (Å²) in [5.74, 6) is 0.938. The van der Waals surface area contributed by atoms with Gasteiger partial charge >= 0.3 is 0 Å². The van der Waals surface area contributed by atoms with Gasteiger partial charge in [-0.05, 0) is 44.4 Å². The van der Waals surface area contributed by atoms with E-state index in [0.717, 1.165) is 12.2 Å². The van der Waals surface area contributed by atoms with Crippen LogP contribution in [0, 0.1) is 13.8 Å². The van der Waals surface area contributed by atoms with Crippen molar-refractivity contribution >= 4 is 0 Å². The summed E-state index contributed by atoms with van der Waals surface area (Å²) in [5.41, 5.74) is 10.8. The van der Waals surface area contributed by atoms with E-state index in [1.54, 1.807) is 0 Å². The van der Waals surface area contributed by atoms with Crippen LogP contribution in [0.2, 0.25) is 0 Å². The summed E-state index contributed by atoms with van der Waals surface area (Å²) in [5, 5.41) is 0. The Labute approximate surface area is 121 Å². The van der Waals surface area contributed by atoms with E-state index in [2.05, 4.69) is 50.2 Å². The van der Waals surface area contributed by atoms with E-state index in [0.29, 0.717) is 6.61 Å². The highest BCUT2D eigenvalue weighted by Gasteiger charge is 2.07. The molecular weight excluding hydrogens is 246 g/mol. The molecule has 0 saturated carbocycles. The number of hydrogen-bond donors (Lipinski definition) is 1. The maximum Gasteiger partial charge on any atom is 0.123 e. The molecule has 0 aliphatic heterocycles. The van der Waals surface area contributed by atoms with Crippen molar-refractivity contribution in [3.63, 3.8) is 0 Å². The Morgan fingerprint density at radius 3 is 2.30 bits per heavy atom. The summed E-state index contributed by atoms with van der Waals surface area (Å²) >= 11 is 0. The lowest BCUT2D eigenvalue weighted by atomic mass is 10.0. The van der Waals surface area contributed by atoms with Crippen LogP contribution >= 0.6 is 0 Å². The van der Waals surface area contributed by atoms with E-state index < -0.39 is 0 Å². The van der Waals surface area contributed by atoms with Gasteiger partial charge in [0.15, 0.2) is 0 Å². The van der Waals surface area contributed by atoms with Crippen LogP contribution in [0.25, 0.3) is 0 Å². The van der Waals surface area contributed by atoms with Gasteiger partial charge in [0.05, 0.1) is 0 Å². The van der Waals surface area contributed by atoms with E-state index in [4.69, 9.17) is 10.5 Å². The van der Waals surface area contributed by atoms with Crippen LogP contribution in [0.5, 0.6) is 5.75 Å². The molecule has 1 atom stereocenters. The minimum atomic E-state index is 0.138. The predicted octanol–water partition coefficient (Wildman–Crippen LogP) is 3.77. The van der Waals surface area contributed by atoms with Gasteiger partial charge in [-0.1, -0.05) is 47.5 Å². The molecule has 0 amide bonds. The first-order valence-electron chi connectivity index (χ1n) is 7.08. The van der Waals surface area contributed by atoms with Gasteiger partial charge in [-0.2, -0.15) is 0 Å². The lowest BCUT2D eigenvalue weighted by Gasteiger charge is -2.14. The van der Waals surface area contributed by atoms with Crippen molar-refractivity contribution in [3.8, 4) is 5.75 Å². The minimum absolute atomic E-state index is 0.138. The third kappa shape index (κ3) is 4.10. The molecule has 20 heavy (non-hydrogen) atoms. The van der Waals surface area contributed by atoms with E-state index >= 15 is 0 Å². The lowest BCUT2D eigenvalue weighted by molar-refractivity contribution is 0.302. The zero-order chi connectivity index (χ0) is 14.5. The topological polar surface area (TPSA) is 35.2 Å². The van der Waals surface area contributed by atoms with Crippen LogP contribution < -0.4 is 10.5 Å². The predicted molar refractivity (Wildman–Crippen MR) is 84.0 cm³/mol. The second-order valence-corrected chi connectivity index (χ2v) is 5.57. The third-order valence-electron chi connectivity index (χ3n) is 3.27. The Kier molecular flexibility index (Phi) is 4.80. The van der Waals surface area contributed by atoms with Crippen molar-refractivity contribution in [2.24, 2.45) is 5.73 Å². The normalized spacial score (nSPS) is 12.2. The Hall–Kier alpha value is -1.80. The number of nitrogens with two attached hydrogens (primary N) is 1. The summed E-state index contributed by atoms with van der Waals surface area (Å²) in [6.45, 7) is 6.79. The molecule has 2 rings (SSSR count). The smallest absolute Gasteiger partial charge is 0.123 e. The molecule has 0 aliphatic rings. The molecule has 1 unspecified atom stereocenters. The Morgan fingerprint density at radius 1 is 1.00 bits per heavy atom. The van der Waals surface area contributed by atoms with Crippen molar-refractivity contribution in [3.05, 3.63) is 64.7 Å². The summed E-state index contributed by atoms with van der Waals surface area (Å²) in [6, 6.07) is 14.8. The number of hydrogen-bond acceptors (Lipinski definition) is 2. The average molecular weight is 269 g/mol. The highest BCUT2D eigenvalue weighted by molar-refractivity contribution is 5.37. The Balaban J connectivity index is 2.10. The first kappa shape index (κ1) is 14.6. The van der Waals surface area contributed by atoms with Gasteiger partial charge in [0, 0.05) is 6.04 Å². The monoisotopic (exact) mass is 269 g/mol. The summed E-state index contributed by atoms with van der Waals surface area (Å²) in [4.78, 5) is 0. The van der Waals surface area contributed by atoms with Gasteiger partial charge in [0.1, 0.15) is 12.4 Å². The van der Waals surface area contributed by atoms with E-state index in [-0.39, 0.29) is 6.04 Å². The van der Waals surface area contributed by atoms with Crippen LogP contribution in [0.3, 0.4) is 0 Å². The molecule has 2 aromatic carbocycles. The average Bonchev–Trinajstić information content (AvgIpc) is 2.39. The molecule has 2 aromatic rings. The van der Waals surface area contributed by atoms with Crippen LogP contribution in [-0.2, 0) is 13.0 Å². The molecule has 2 nitrogen and oxygen atoms in total. The summed E-state index contributed by atoms with van der Waals surface area (Å²) in [7, 11) is 0. The molecule has 0 aromatic heterocycles. The van der Waals surface area contributed by atoms with Crippen LogP contribution in [0.4, 0.5) is 0 Å². The standard InChI is InChI=1S/C18H23NO/c1-13-4-7-16(8-5-13)12-20-18-9-6-14(2)10-17(18)11-15(3)19/h4-10,15H,11-12,19H2,1-3H3. The van der Waals surface area contributed by atoms with E-state index in [1.165, 1.54) is 22.3 Å². The van der Waals surface area contributed by atoms with Crippen molar-refractivity contribution in [1.82, 2.24) is 0 Å². The van der Waals surface area contributed by atoms with Gasteiger partial charge < -0.3 is 10.5 Å². The molecule has 2 N–H and O–H groups in total. The van der Waals surface area contributed by atoms with Crippen LogP contribution in [-0.4, -0.2) is 6.04 Å². The van der Waals surface area contributed by atoms with E-state index in [1.807, 2.05) is 13.0 Å². The zero-order valence-electron chi connectivity index (χ0n) is 12.5. The first-order valence-corrected chi connectivity index (χ1v) is 7.08. The summed E-state index contributed by atoms with van der Waals surface area (Å²) in [6.07, 6.45) is 0.838. The molecule has 106 valence electrons. The van der Waals surface area contributed by atoms with Crippen molar-refractivity contribution < 1.29 is 4.74 Å². The largest absolute Gasteiger partial charge is 0.489 e. The third-order valence-corrected chi connectivity index (χ3v) is 3.27. The summed E-state index contributed by atoms with van der Waals surface area (Å²) < 4.78 is 5.96. The van der Waals surface area contributed by atoms with Gasteiger partial charge in [-0.25, -0.2) is 0 Å². The van der Waals surface area contributed by atoms with Gasteiger partial charge in [0.25, 0.3) is 0 Å². The molecule has 0 heterocycles. The fraction of sp³-hybridized carbons (Fsp3) is 0.333. The van der Waals surface area contributed by atoms with Gasteiger partial charge in [0.2, 0.25) is 0 Å². The van der Waals surface area contributed by atoms with Gasteiger partial charge in [-0.3, -0.25) is 0 Å². The van der Waals surface area contributed by atoms with Gasteiger partial charge in [-0.15, -0.1) is 0 Å². The second-order valence-electron chi connectivity index (χ2n) is 5.57. The second kappa shape index (κ2) is 6.58. The number of benzene rings is 2. The fourth-order valence-electron chi connectivity index (χ4n) is 2.20. The molecule has 0 saturated heterocycles. The number of rotatable bonds is 5. The highest BCUT2D eigenvalue weighted by atomic mass is 16.5. The molecule has 2 heteroatoms. The quantitative estimate of drug-likeness (QED) is 0.896. The molecule has 0 radical (unpaired) electrons. The molecule has 0 fully saturated rings. The Bertz CT molecular complexity index is 558.